The molecular weight excluding hydrogens is 394 g/mol. The van der Waals surface area contributed by atoms with E-state index in [0.717, 1.165) is 56.3 Å². The van der Waals surface area contributed by atoms with Crippen molar-refractivity contribution in [1.29, 1.82) is 5.26 Å². The van der Waals surface area contributed by atoms with Crippen LogP contribution in [0.2, 0.25) is 0 Å². The number of fused-ring (bicyclic) bond motifs is 1. The summed E-state index contributed by atoms with van der Waals surface area (Å²) in [4.78, 5) is 10.1. The molecule has 1 aromatic carbocycles. The largest absolute Gasteiger partial charge is 0.367 e. The maximum Gasteiger partial charge on any atom is 0.149 e. The van der Waals surface area contributed by atoms with Gasteiger partial charge in [0.2, 0.25) is 0 Å². The first kappa shape index (κ1) is 21.3. The second kappa shape index (κ2) is 9.92. The second-order valence-corrected chi connectivity index (χ2v) is 9.70. The summed E-state index contributed by atoms with van der Waals surface area (Å²) in [7, 11) is 0. The lowest BCUT2D eigenvalue weighted by Gasteiger charge is -2.35. The number of rotatable bonds is 5. The van der Waals surface area contributed by atoms with E-state index in [-0.39, 0.29) is 0 Å². The molecule has 0 spiro atoms. The fourth-order valence-electron chi connectivity index (χ4n) is 5.67. The summed E-state index contributed by atoms with van der Waals surface area (Å²) in [5.74, 6) is 1.98. The molecular formula is C27H35N5. The minimum Gasteiger partial charge on any atom is -0.367 e. The predicted octanol–water partition coefficient (Wildman–Crippen LogP) is 5.25. The molecule has 0 atom stereocenters. The number of aromatic nitrogens is 1. The number of pyridine rings is 1. The van der Waals surface area contributed by atoms with Crippen LogP contribution in [0.15, 0.2) is 30.3 Å². The van der Waals surface area contributed by atoms with Crippen molar-refractivity contribution in [3.05, 3.63) is 52.6 Å². The van der Waals surface area contributed by atoms with Gasteiger partial charge in [-0.25, -0.2) is 4.98 Å². The highest BCUT2D eigenvalue weighted by Gasteiger charge is 2.29. The fourth-order valence-corrected chi connectivity index (χ4v) is 5.67. The SMILES string of the molecule is N#Cc1c(N2CCCCC2)nc(NC2CCCCC2)c2c1CCN(Cc1ccccc1)C2. The molecule has 32 heavy (non-hydrogen) atoms. The van der Waals surface area contributed by atoms with Crippen LogP contribution < -0.4 is 10.2 Å². The molecule has 0 unspecified atom stereocenters. The first-order chi connectivity index (χ1) is 15.8. The van der Waals surface area contributed by atoms with Gasteiger partial charge in [0.25, 0.3) is 0 Å². The molecule has 2 fully saturated rings. The summed E-state index contributed by atoms with van der Waals surface area (Å²) < 4.78 is 0. The van der Waals surface area contributed by atoms with E-state index in [4.69, 9.17) is 4.98 Å². The van der Waals surface area contributed by atoms with Crippen LogP contribution >= 0.6 is 0 Å². The molecule has 5 nitrogen and oxygen atoms in total. The van der Waals surface area contributed by atoms with Crippen molar-refractivity contribution >= 4 is 11.6 Å². The van der Waals surface area contributed by atoms with Gasteiger partial charge < -0.3 is 10.2 Å². The third-order valence-corrected chi connectivity index (χ3v) is 7.42. The number of benzene rings is 1. The van der Waals surface area contributed by atoms with E-state index in [2.05, 4.69) is 51.5 Å². The zero-order chi connectivity index (χ0) is 21.8. The Labute approximate surface area is 192 Å². The normalized spacial score (nSPS) is 19.9. The Morgan fingerprint density at radius 2 is 1.69 bits per heavy atom. The number of piperidine rings is 1. The number of hydrogen-bond donors (Lipinski definition) is 1. The Balaban J connectivity index is 1.48. The van der Waals surface area contributed by atoms with Crippen molar-refractivity contribution < 1.29 is 0 Å². The maximum atomic E-state index is 10.2. The monoisotopic (exact) mass is 429 g/mol. The van der Waals surface area contributed by atoms with E-state index in [1.807, 2.05) is 0 Å². The van der Waals surface area contributed by atoms with E-state index < -0.39 is 0 Å². The predicted molar refractivity (Wildman–Crippen MR) is 130 cm³/mol. The van der Waals surface area contributed by atoms with Crippen molar-refractivity contribution in [3.63, 3.8) is 0 Å². The molecule has 3 aliphatic rings. The smallest absolute Gasteiger partial charge is 0.149 e. The number of nitrogens with zero attached hydrogens (tertiary/aromatic N) is 4. The van der Waals surface area contributed by atoms with Crippen molar-refractivity contribution in [2.24, 2.45) is 0 Å². The summed E-state index contributed by atoms with van der Waals surface area (Å²) in [6.45, 7) is 4.83. The summed E-state index contributed by atoms with van der Waals surface area (Å²) in [5, 5.41) is 14.0. The molecule has 168 valence electrons. The first-order valence-electron chi connectivity index (χ1n) is 12.6. The number of nitriles is 1. The Morgan fingerprint density at radius 1 is 0.938 bits per heavy atom. The second-order valence-electron chi connectivity index (χ2n) is 9.70. The van der Waals surface area contributed by atoms with Gasteiger partial charge in [0, 0.05) is 44.3 Å². The highest BCUT2D eigenvalue weighted by atomic mass is 15.2. The van der Waals surface area contributed by atoms with Crippen LogP contribution in [0.1, 0.15) is 73.6 Å². The molecule has 5 rings (SSSR count). The Bertz CT molecular complexity index is 952. The zero-order valence-electron chi connectivity index (χ0n) is 19.2. The van der Waals surface area contributed by atoms with Crippen LogP contribution in [0.4, 0.5) is 11.6 Å². The van der Waals surface area contributed by atoms with Gasteiger partial charge in [-0.3, -0.25) is 4.90 Å². The summed E-state index contributed by atoms with van der Waals surface area (Å²) in [5.41, 5.74) is 4.67. The van der Waals surface area contributed by atoms with Crippen molar-refractivity contribution in [2.75, 3.05) is 29.9 Å². The van der Waals surface area contributed by atoms with Gasteiger partial charge in [-0.2, -0.15) is 5.26 Å². The maximum absolute atomic E-state index is 10.2. The Kier molecular flexibility index (Phi) is 6.59. The summed E-state index contributed by atoms with van der Waals surface area (Å²) in [6, 6.07) is 13.8. The minimum absolute atomic E-state index is 0.506. The molecule has 0 bridgehead atoms. The molecule has 1 aromatic heterocycles. The quantitative estimate of drug-likeness (QED) is 0.704. The Morgan fingerprint density at radius 3 is 2.44 bits per heavy atom. The highest BCUT2D eigenvalue weighted by molar-refractivity contribution is 5.67. The van der Waals surface area contributed by atoms with Crippen molar-refractivity contribution in [3.8, 4) is 6.07 Å². The molecule has 0 amide bonds. The van der Waals surface area contributed by atoms with Crippen LogP contribution in [0.3, 0.4) is 0 Å². The van der Waals surface area contributed by atoms with Gasteiger partial charge in [0.05, 0.1) is 5.56 Å². The molecule has 2 aromatic rings. The molecule has 1 saturated heterocycles. The third-order valence-electron chi connectivity index (χ3n) is 7.42. The van der Waals surface area contributed by atoms with Crippen LogP contribution in [0, 0.1) is 11.3 Å². The van der Waals surface area contributed by atoms with E-state index in [1.165, 1.54) is 68.1 Å². The van der Waals surface area contributed by atoms with Crippen LogP contribution in [-0.2, 0) is 19.5 Å². The van der Waals surface area contributed by atoms with Crippen LogP contribution in [-0.4, -0.2) is 35.6 Å². The van der Waals surface area contributed by atoms with E-state index >= 15 is 0 Å². The first-order valence-corrected chi connectivity index (χ1v) is 12.6. The minimum atomic E-state index is 0.506. The van der Waals surface area contributed by atoms with E-state index in [0.29, 0.717) is 6.04 Å². The standard InChI is InChI=1S/C27H35N5/c28-18-24-23-14-17-31(19-21-10-4-1-5-11-21)20-25(23)26(29-22-12-6-2-7-13-22)30-27(24)32-15-8-3-9-16-32/h1,4-5,10-11,22H,2-3,6-9,12-17,19-20H2,(H,29,30). The average Bonchev–Trinajstić information content (AvgIpc) is 2.86. The lowest BCUT2D eigenvalue weighted by molar-refractivity contribution is 0.245. The zero-order valence-corrected chi connectivity index (χ0v) is 19.2. The number of anilines is 2. The van der Waals surface area contributed by atoms with Crippen LogP contribution in [0.25, 0.3) is 0 Å². The van der Waals surface area contributed by atoms with Gasteiger partial charge in [0.15, 0.2) is 0 Å². The topological polar surface area (TPSA) is 55.2 Å². The van der Waals surface area contributed by atoms with Gasteiger partial charge in [-0.15, -0.1) is 0 Å². The molecule has 1 N–H and O–H groups in total. The lowest BCUT2D eigenvalue weighted by atomic mass is 9.92. The van der Waals surface area contributed by atoms with E-state index in [9.17, 15) is 5.26 Å². The molecule has 3 heterocycles. The van der Waals surface area contributed by atoms with E-state index in [1.54, 1.807) is 0 Å². The number of hydrogen-bond acceptors (Lipinski definition) is 5. The van der Waals surface area contributed by atoms with Crippen LogP contribution in [0.5, 0.6) is 0 Å². The molecule has 0 radical (unpaired) electrons. The fraction of sp³-hybridized carbons (Fsp3) is 0.556. The molecule has 2 aliphatic heterocycles. The lowest BCUT2D eigenvalue weighted by Crippen LogP contribution is -2.35. The summed E-state index contributed by atoms with van der Waals surface area (Å²) >= 11 is 0. The van der Waals surface area contributed by atoms with Crippen molar-refractivity contribution in [1.82, 2.24) is 9.88 Å². The average molecular weight is 430 g/mol. The van der Waals surface area contributed by atoms with Gasteiger partial charge >= 0.3 is 0 Å². The van der Waals surface area contributed by atoms with Gasteiger partial charge in [-0.1, -0.05) is 49.6 Å². The molecule has 1 saturated carbocycles. The number of nitrogens with one attached hydrogen (secondary N) is 1. The highest BCUT2D eigenvalue weighted by Crippen LogP contribution is 2.36. The third kappa shape index (κ3) is 4.61. The van der Waals surface area contributed by atoms with Gasteiger partial charge in [-0.05, 0) is 49.7 Å². The Hall–Kier alpha value is -2.58. The van der Waals surface area contributed by atoms with Gasteiger partial charge in [0.1, 0.15) is 17.7 Å². The summed E-state index contributed by atoms with van der Waals surface area (Å²) in [6.07, 6.45) is 11.0. The van der Waals surface area contributed by atoms with Crippen molar-refractivity contribution in [2.45, 2.75) is 76.9 Å². The molecule has 5 heteroatoms. The molecule has 1 aliphatic carbocycles.